The van der Waals surface area contributed by atoms with Crippen LogP contribution in [0, 0.1) is 13.8 Å². The third-order valence-electron chi connectivity index (χ3n) is 4.52. The molecule has 0 aliphatic carbocycles. The number of hydrogen-bond donors (Lipinski definition) is 2. The highest BCUT2D eigenvalue weighted by Gasteiger charge is 2.23. The van der Waals surface area contributed by atoms with Gasteiger partial charge in [-0.1, -0.05) is 18.2 Å². The van der Waals surface area contributed by atoms with Crippen molar-refractivity contribution in [3.05, 3.63) is 76.0 Å². The van der Waals surface area contributed by atoms with E-state index in [1.165, 1.54) is 6.07 Å². The Morgan fingerprint density at radius 2 is 1.90 bits per heavy atom. The highest BCUT2D eigenvalue weighted by molar-refractivity contribution is 6.09. The second kappa shape index (κ2) is 7.23. The van der Waals surface area contributed by atoms with E-state index in [1.54, 1.807) is 36.7 Å². The van der Waals surface area contributed by atoms with Crippen LogP contribution >= 0.6 is 0 Å². The molecule has 0 spiro atoms. The van der Waals surface area contributed by atoms with E-state index in [2.05, 4.69) is 20.4 Å². The maximum Gasteiger partial charge on any atom is 0.278 e. The molecule has 0 atom stereocenters. The van der Waals surface area contributed by atoms with Crippen molar-refractivity contribution >= 4 is 17.4 Å². The Labute approximate surface area is 166 Å². The summed E-state index contributed by atoms with van der Waals surface area (Å²) in [6.07, 6.45) is 0. The third-order valence-corrected chi connectivity index (χ3v) is 4.52. The summed E-state index contributed by atoms with van der Waals surface area (Å²) in [7, 11) is 1.58. The predicted octanol–water partition coefficient (Wildman–Crippen LogP) is 2.96. The average molecular weight is 389 g/mol. The van der Waals surface area contributed by atoms with Crippen LogP contribution < -0.4 is 15.6 Å². The molecule has 0 aliphatic heterocycles. The molecule has 0 saturated carbocycles. The molecule has 1 amide bonds. The van der Waals surface area contributed by atoms with Crippen molar-refractivity contribution in [3.63, 3.8) is 0 Å². The van der Waals surface area contributed by atoms with E-state index in [4.69, 9.17) is 4.74 Å². The van der Waals surface area contributed by atoms with Gasteiger partial charge in [0.15, 0.2) is 5.69 Å². The maximum absolute atomic E-state index is 13.1. The molecular formula is C21H19N5O3. The Kier molecular flexibility index (Phi) is 4.59. The largest absolute Gasteiger partial charge is 0.497 e. The zero-order chi connectivity index (χ0) is 20.5. The first-order valence-corrected chi connectivity index (χ1v) is 8.98. The van der Waals surface area contributed by atoms with Gasteiger partial charge < -0.3 is 15.0 Å². The molecule has 0 unspecified atom stereocenters. The van der Waals surface area contributed by atoms with E-state index in [0.29, 0.717) is 28.5 Å². The summed E-state index contributed by atoms with van der Waals surface area (Å²) in [6, 6.07) is 14.0. The van der Waals surface area contributed by atoms with Crippen LogP contribution in [0.1, 0.15) is 21.9 Å². The van der Waals surface area contributed by atoms with E-state index in [-0.39, 0.29) is 11.3 Å². The lowest BCUT2D eigenvalue weighted by molar-refractivity contribution is 0.102. The lowest BCUT2D eigenvalue weighted by Gasteiger charge is -2.06. The molecule has 0 bridgehead atoms. The highest BCUT2D eigenvalue weighted by Crippen LogP contribution is 2.29. The number of aryl methyl sites for hydroxylation is 2. The van der Waals surface area contributed by atoms with Gasteiger partial charge in [-0.25, -0.2) is 9.50 Å². The molecule has 0 fully saturated rings. The number of rotatable bonds is 4. The first kappa shape index (κ1) is 18.4. The van der Waals surface area contributed by atoms with E-state index in [0.717, 1.165) is 11.3 Å². The number of H-pyrrole nitrogens is 1. The quantitative estimate of drug-likeness (QED) is 0.559. The number of aromatic nitrogens is 4. The normalized spacial score (nSPS) is 10.9. The van der Waals surface area contributed by atoms with Gasteiger partial charge in [0.1, 0.15) is 17.2 Å². The summed E-state index contributed by atoms with van der Waals surface area (Å²) in [5.74, 6) is 0.695. The van der Waals surface area contributed by atoms with Crippen LogP contribution in [-0.4, -0.2) is 32.6 Å². The second-order valence-electron chi connectivity index (χ2n) is 6.61. The minimum Gasteiger partial charge on any atom is -0.497 e. The molecular weight excluding hydrogens is 370 g/mol. The zero-order valence-corrected chi connectivity index (χ0v) is 16.2. The van der Waals surface area contributed by atoms with Crippen molar-refractivity contribution in [2.75, 3.05) is 12.4 Å². The molecule has 0 radical (unpaired) electrons. The molecule has 2 N–H and O–H groups in total. The molecule has 0 saturated heterocycles. The average Bonchev–Trinajstić information content (AvgIpc) is 3.08. The number of carbonyl (C=O) groups excluding carboxylic acids is 1. The van der Waals surface area contributed by atoms with Crippen LogP contribution in [0.4, 0.5) is 5.82 Å². The number of carbonyl (C=O) groups is 1. The smallest absolute Gasteiger partial charge is 0.278 e. The van der Waals surface area contributed by atoms with Crippen LogP contribution in [0.5, 0.6) is 5.75 Å². The van der Waals surface area contributed by atoms with Crippen molar-refractivity contribution in [2.24, 2.45) is 0 Å². The van der Waals surface area contributed by atoms with Crippen LogP contribution in [0.15, 0.2) is 53.3 Å². The summed E-state index contributed by atoms with van der Waals surface area (Å²) in [4.78, 5) is 32.2. The van der Waals surface area contributed by atoms with Gasteiger partial charge in [-0.2, -0.15) is 5.10 Å². The Bertz CT molecular complexity index is 1270. The number of hydrogen-bond acceptors (Lipinski definition) is 5. The molecule has 3 heterocycles. The number of ether oxygens (including phenoxy) is 1. The van der Waals surface area contributed by atoms with Crippen molar-refractivity contribution in [1.82, 2.24) is 19.6 Å². The first-order chi connectivity index (χ1) is 14.0. The number of amides is 1. The van der Waals surface area contributed by atoms with E-state index in [9.17, 15) is 9.59 Å². The molecule has 8 nitrogen and oxygen atoms in total. The summed E-state index contributed by atoms with van der Waals surface area (Å²) in [6.45, 7) is 3.61. The number of methoxy groups -OCH3 is 1. The van der Waals surface area contributed by atoms with E-state index in [1.807, 2.05) is 31.2 Å². The topological polar surface area (TPSA) is 101 Å². The van der Waals surface area contributed by atoms with Crippen molar-refractivity contribution < 1.29 is 9.53 Å². The fourth-order valence-corrected chi connectivity index (χ4v) is 3.17. The fourth-order valence-electron chi connectivity index (χ4n) is 3.17. The van der Waals surface area contributed by atoms with Gasteiger partial charge >= 0.3 is 0 Å². The van der Waals surface area contributed by atoms with Crippen molar-refractivity contribution in [2.45, 2.75) is 13.8 Å². The fraction of sp³-hybridized carbons (Fsp3) is 0.143. The van der Waals surface area contributed by atoms with Crippen molar-refractivity contribution in [3.8, 4) is 16.9 Å². The maximum atomic E-state index is 13.1. The first-order valence-electron chi connectivity index (χ1n) is 8.98. The SMILES string of the molecule is COc1ccc(-c2c(C(=O)Nc3cccc(C)n3)nn3c(C)cc(=O)[nH]c23)cc1. The summed E-state index contributed by atoms with van der Waals surface area (Å²) in [5, 5.41) is 7.25. The van der Waals surface area contributed by atoms with Gasteiger partial charge in [0, 0.05) is 17.5 Å². The van der Waals surface area contributed by atoms with Gasteiger partial charge in [0.2, 0.25) is 0 Å². The number of fused-ring (bicyclic) bond motifs is 1. The number of pyridine rings is 1. The minimum absolute atomic E-state index is 0.184. The van der Waals surface area contributed by atoms with E-state index < -0.39 is 5.91 Å². The summed E-state index contributed by atoms with van der Waals surface area (Å²) in [5.41, 5.74) is 3.02. The van der Waals surface area contributed by atoms with Crippen LogP contribution in [0.25, 0.3) is 16.8 Å². The number of anilines is 1. The Morgan fingerprint density at radius 3 is 2.59 bits per heavy atom. The van der Waals surface area contributed by atoms with Gasteiger partial charge in [0.05, 0.1) is 12.7 Å². The number of nitrogens with zero attached hydrogens (tertiary/aromatic N) is 3. The standard InChI is InChI=1S/C21H19N5O3/c1-12-5-4-6-16(22-12)23-21(28)19-18(14-7-9-15(29-3)10-8-14)20-24-17(27)11-13(2)26(20)25-19/h4-11H,1-3H3,(H,24,27)(H,22,23,28). The summed E-state index contributed by atoms with van der Waals surface area (Å²) < 4.78 is 6.77. The predicted molar refractivity (Wildman–Crippen MR) is 109 cm³/mol. The van der Waals surface area contributed by atoms with Crippen LogP contribution in [-0.2, 0) is 0 Å². The Balaban J connectivity index is 1.89. The molecule has 4 rings (SSSR count). The number of benzene rings is 1. The van der Waals surface area contributed by atoms with Crippen molar-refractivity contribution in [1.29, 1.82) is 0 Å². The Morgan fingerprint density at radius 1 is 1.14 bits per heavy atom. The van der Waals surface area contributed by atoms with Gasteiger partial charge in [-0.05, 0) is 43.7 Å². The molecule has 3 aromatic heterocycles. The van der Waals surface area contributed by atoms with Gasteiger partial charge in [0.25, 0.3) is 11.5 Å². The summed E-state index contributed by atoms with van der Waals surface area (Å²) >= 11 is 0. The van der Waals surface area contributed by atoms with Gasteiger partial charge in [-0.15, -0.1) is 0 Å². The zero-order valence-electron chi connectivity index (χ0n) is 16.2. The third kappa shape index (κ3) is 3.47. The lowest BCUT2D eigenvalue weighted by atomic mass is 10.0. The minimum atomic E-state index is -0.419. The number of aromatic amines is 1. The molecule has 29 heavy (non-hydrogen) atoms. The second-order valence-corrected chi connectivity index (χ2v) is 6.61. The molecule has 0 aliphatic rings. The monoisotopic (exact) mass is 389 g/mol. The molecule has 8 heteroatoms. The molecule has 146 valence electrons. The van der Waals surface area contributed by atoms with E-state index >= 15 is 0 Å². The highest BCUT2D eigenvalue weighted by atomic mass is 16.5. The molecule has 4 aromatic rings. The van der Waals surface area contributed by atoms with Crippen LogP contribution in [0.2, 0.25) is 0 Å². The van der Waals surface area contributed by atoms with Gasteiger partial charge in [-0.3, -0.25) is 9.59 Å². The molecule has 1 aromatic carbocycles. The lowest BCUT2D eigenvalue weighted by Crippen LogP contribution is -2.15. The van der Waals surface area contributed by atoms with Crippen LogP contribution in [0.3, 0.4) is 0 Å². The Hall–Kier alpha value is -3.94. The number of nitrogens with one attached hydrogen (secondary N) is 2.